The van der Waals surface area contributed by atoms with Gasteiger partial charge in [0, 0.05) is 25.2 Å². The Hall–Kier alpha value is -0.0100. The van der Waals surface area contributed by atoms with Gasteiger partial charge >= 0.3 is 8.25 Å². The van der Waals surface area contributed by atoms with E-state index in [-0.39, 0.29) is 23.9 Å². The van der Waals surface area contributed by atoms with E-state index in [4.69, 9.17) is 32.0 Å². The number of rotatable bonds is 12. The lowest BCUT2D eigenvalue weighted by Gasteiger charge is -2.22. The first-order valence-corrected chi connectivity index (χ1v) is 8.43. The third-order valence-corrected chi connectivity index (χ3v) is 4.44. The minimum atomic E-state index is -2.52. The normalized spacial score (nSPS) is 19.3. The van der Waals surface area contributed by atoms with Gasteiger partial charge in [-0.1, -0.05) is 13.8 Å². The Bertz CT molecular complexity index is 247. The molecule has 4 atom stereocenters. The Morgan fingerprint density at radius 2 is 1.25 bits per heavy atom. The third-order valence-electron chi connectivity index (χ3n) is 3.63. The summed E-state index contributed by atoms with van der Waals surface area (Å²) >= 11 is 0. The minimum absolute atomic E-state index is 0.0887. The van der Waals surface area contributed by atoms with Gasteiger partial charge in [-0.25, -0.2) is 0 Å². The van der Waals surface area contributed by atoms with Gasteiger partial charge in [-0.3, -0.25) is 4.57 Å². The van der Waals surface area contributed by atoms with Crippen LogP contribution in [-0.4, -0.2) is 38.4 Å². The van der Waals surface area contributed by atoms with E-state index >= 15 is 0 Å². The van der Waals surface area contributed by atoms with Crippen LogP contribution in [0.25, 0.3) is 0 Å². The molecule has 0 aliphatic heterocycles. The first-order valence-electron chi connectivity index (χ1n) is 7.20. The molecule has 0 aliphatic carbocycles. The fraction of sp³-hybridized carbons (Fsp3) is 1.00. The summed E-state index contributed by atoms with van der Waals surface area (Å²) in [5.74, 6) is 0.177. The van der Waals surface area contributed by atoms with Gasteiger partial charge in [0.1, 0.15) is 0 Å². The smallest absolute Gasteiger partial charge is 0.319 e. The zero-order valence-electron chi connectivity index (χ0n) is 12.6. The third kappa shape index (κ3) is 7.69. The molecule has 0 fully saturated rings. The molecule has 0 bridgehead atoms. The minimum Gasteiger partial charge on any atom is -0.329 e. The predicted molar refractivity (Wildman–Crippen MR) is 82.5 cm³/mol. The summed E-state index contributed by atoms with van der Waals surface area (Å²) in [5, 5.41) is 0. The lowest BCUT2D eigenvalue weighted by Crippen LogP contribution is -2.39. The Kier molecular flexibility index (Phi) is 11.6. The van der Waals surface area contributed by atoms with Crippen molar-refractivity contribution in [2.75, 3.05) is 26.3 Å². The molecular weight excluding hydrogens is 279 g/mol. The van der Waals surface area contributed by atoms with Crippen molar-refractivity contribution in [1.82, 2.24) is 0 Å². The summed E-state index contributed by atoms with van der Waals surface area (Å²) in [6, 6.07) is -0.298. The van der Waals surface area contributed by atoms with Crippen molar-refractivity contribution in [2.45, 2.75) is 38.8 Å². The Morgan fingerprint density at radius 1 is 0.900 bits per heavy atom. The molecule has 122 valence electrons. The SMILES string of the molecule is CCC(CO[PH](=O)OCC(CC)C(N)CN)C(N)CN. The van der Waals surface area contributed by atoms with E-state index in [1.165, 1.54) is 0 Å². The fourth-order valence-electron chi connectivity index (χ4n) is 1.87. The zero-order valence-corrected chi connectivity index (χ0v) is 13.6. The molecule has 0 aliphatic rings. The molecule has 0 spiro atoms. The van der Waals surface area contributed by atoms with Crippen LogP contribution in [0.3, 0.4) is 0 Å². The van der Waals surface area contributed by atoms with Crippen molar-refractivity contribution in [2.24, 2.45) is 34.8 Å². The molecular formula is C12H31N4O3P. The van der Waals surface area contributed by atoms with Gasteiger partial charge in [0.25, 0.3) is 0 Å². The average Bonchev–Trinajstić information content (AvgIpc) is 2.47. The van der Waals surface area contributed by atoms with Crippen LogP contribution in [0.15, 0.2) is 0 Å². The highest BCUT2D eigenvalue weighted by atomic mass is 31.1. The molecule has 8 N–H and O–H groups in total. The van der Waals surface area contributed by atoms with Crippen molar-refractivity contribution in [3.8, 4) is 0 Å². The van der Waals surface area contributed by atoms with E-state index in [2.05, 4.69) is 0 Å². The first kappa shape index (κ1) is 20.0. The molecule has 0 radical (unpaired) electrons. The van der Waals surface area contributed by atoms with E-state index in [1.54, 1.807) is 0 Å². The summed E-state index contributed by atoms with van der Waals surface area (Å²) in [6.45, 7) is 5.35. The van der Waals surface area contributed by atoms with Crippen molar-refractivity contribution in [3.63, 3.8) is 0 Å². The Balaban J connectivity index is 4.04. The predicted octanol–water partition coefficient (Wildman–Crippen LogP) is 0.0337. The molecule has 0 heterocycles. The van der Waals surface area contributed by atoms with Crippen molar-refractivity contribution in [1.29, 1.82) is 0 Å². The topological polar surface area (TPSA) is 140 Å². The second-order valence-electron chi connectivity index (χ2n) is 5.01. The summed E-state index contributed by atoms with van der Waals surface area (Å²) < 4.78 is 22.2. The highest BCUT2D eigenvalue weighted by molar-refractivity contribution is 7.33. The van der Waals surface area contributed by atoms with Crippen molar-refractivity contribution in [3.05, 3.63) is 0 Å². The molecule has 0 saturated carbocycles. The lowest BCUT2D eigenvalue weighted by molar-refractivity contribution is 0.160. The molecule has 4 unspecified atom stereocenters. The standard InChI is InChI=1S/C12H31N4O3P/c1-3-9(11(15)5-13)7-18-20(17)19-8-10(4-2)12(16)6-14/h9-12,20H,3-8,13-16H2,1-2H3. The second-order valence-corrected chi connectivity index (χ2v) is 6.09. The molecule has 0 saturated heterocycles. The van der Waals surface area contributed by atoms with Crippen LogP contribution in [-0.2, 0) is 13.6 Å². The summed E-state index contributed by atoms with van der Waals surface area (Å²) in [6.07, 6.45) is 1.65. The van der Waals surface area contributed by atoms with Gasteiger partial charge in [-0.05, 0) is 24.7 Å². The van der Waals surface area contributed by atoms with Crippen LogP contribution in [0, 0.1) is 11.8 Å². The van der Waals surface area contributed by atoms with Crippen molar-refractivity contribution < 1.29 is 13.6 Å². The Morgan fingerprint density at radius 3 is 1.50 bits per heavy atom. The molecule has 8 heteroatoms. The largest absolute Gasteiger partial charge is 0.329 e. The molecule has 20 heavy (non-hydrogen) atoms. The summed E-state index contributed by atoms with van der Waals surface area (Å²) in [5.41, 5.74) is 22.7. The zero-order chi connectivity index (χ0) is 15.5. The average molecular weight is 310 g/mol. The van der Waals surface area contributed by atoms with E-state index in [9.17, 15) is 4.57 Å². The van der Waals surface area contributed by atoms with E-state index in [0.717, 1.165) is 12.8 Å². The van der Waals surface area contributed by atoms with E-state index in [1.807, 2.05) is 13.8 Å². The maximum absolute atomic E-state index is 11.7. The summed E-state index contributed by atoms with van der Waals surface area (Å²) in [4.78, 5) is 0. The fourth-order valence-corrected chi connectivity index (χ4v) is 2.65. The van der Waals surface area contributed by atoms with Crippen LogP contribution >= 0.6 is 8.25 Å². The van der Waals surface area contributed by atoms with Gasteiger partial charge in [0.2, 0.25) is 0 Å². The van der Waals surface area contributed by atoms with Gasteiger partial charge < -0.3 is 32.0 Å². The van der Waals surface area contributed by atoms with E-state index in [0.29, 0.717) is 26.3 Å². The van der Waals surface area contributed by atoms with Crippen LogP contribution in [0.4, 0.5) is 0 Å². The molecule has 0 amide bonds. The summed E-state index contributed by atoms with van der Waals surface area (Å²) in [7, 11) is -2.52. The van der Waals surface area contributed by atoms with Crippen LogP contribution in [0.1, 0.15) is 26.7 Å². The Labute approximate surface area is 122 Å². The van der Waals surface area contributed by atoms with Crippen LogP contribution in [0.2, 0.25) is 0 Å². The van der Waals surface area contributed by atoms with Gasteiger partial charge in [-0.2, -0.15) is 0 Å². The first-order chi connectivity index (χ1) is 9.49. The quantitative estimate of drug-likeness (QED) is 0.373. The molecule has 0 aromatic rings. The maximum Gasteiger partial charge on any atom is 0.319 e. The molecule has 0 aromatic carbocycles. The van der Waals surface area contributed by atoms with Crippen molar-refractivity contribution >= 4 is 8.25 Å². The highest BCUT2D eigenvalue weighted by Crippen LogP contribution is 2.27. The second kappa shape index (κ2) is 11.6. The maximum atomic E-state index is 11.7. The van der Waals surface area contributed by atoms with E-state index < -0.39 is 8.25 Å². The highest BCUT2D eigenvalue weighted by Gasteiger charge is 2.18. The van der Waals surface area contributed by atoms with Gasteiger partial charge in [0.15, 0.2) is 0 Å². The lowest BCUT2D eigenvalue weighted by atomic mass is 9.99. The molecule has 0 aromatic heterocycles. The van der Waals surface area contributed by atoms with Gasteiger partial charge in [0.05, 0.1) is 13.2 Å². The van der Waals surface area contributed by atoms with Crippen LogP contribution in [0.5, 0.6) is 0 Å². The monoisotopic (exact) mass is 310 g/mol. The number of hydrogen-bond acceptors (Lipinski definition) is 7. The van der Waals surface area contributed by atoms with Gasteiger partial charge in [-0.15, -0.1) is 0 Å². The van der Waals surface area contributed by atoms with Crippen LogP contribution < -0.4 is 22.9 Å². The molecule has 0 rings (SSSR count). The number of hydrogen-bond donors (Lipinski definition) is 4. The number of nitrogens with two attached hydrogens (primary N) is 4. The molecule has 7 nitrogen and oxygen atoms in total.